The Labute approximate surface area is 113 Å². The minimum absolute atomic E-state index is 0.0104. The number of likely N-dealkylation sites (tertiary alicyclic amines) is 1. The van der Waals surface area contributed by atoms with Crippen LogP contribution in [0.5, 0.6) is 0 Å². The van der Waals surface area contributed by atoms with Gasteiger partial charge in [0.25, 0.3) is 5.69 Å². The van der Waals surface area contributed by atoms with Gasteiger partial charge in [-0.1, -0.05) is 13.0 Å². The zero-order chi connectivity index (χ0) is 14.0. The zero-order valence-electron chi connectivity index (χ0n) is 11.5. The maximum atomic E-state index is 10.7. The lowest BCUT2D eigenvalue weighted by atomic mass is 9.91. The molecule has 2 atom stereocenters. The molecule has 0 aromatic heterocycles. The van der Waals surface area contributed by atoms with Crippen LogP contribution in [0.4, 0.5) is 11.4 Å². The number of nitro benzene ring substituents is 1. The molecule has 0 radical (unpaired) electrons. The minimum atomic E-state index is -0.440. The summed E-state index contributed by atoms with van der Waals surface area (Å²) in [5, 5.41) is 10.7. The van der Waals surface area contributed by atoms with Gasteiger partial charge in [-0.2, -0.15) is 0 Å². The summed E-state index contributed by atoms with van der Waals surface area (Å²) in [4.78, 5) is 12.7. The average molecular weight is 263 g/mol. The van der Waals surface area contributed by atoms with Crippen molar-refractivity contribution < 1.29 is 4.92 Å². The molecular weight excluding hydrogens is 242 g/mol. The van der Waals surface area contributed by atoms with Crippen molar-refractivity contribution in [1.29, 1.82) is 0 Å². The highest BCUT2D eigenvalue weighted by Gasteiger charge is 2.24. The third-order valence-corrected chi connectivity index (χ3v) is 4.18. The first kappa shape index (κ1) is 13.8. The molecule has 1 aliphatic rings. The van der Waals surface area contributed by atoms with Crippen LogP contribution in [-0.2, 0) is 6.54 Å². The van der Waals surface area contributed by atoms with Gasteiger partial charge in [-0.15, -0.1) is 0 Å². The number of nitrogen functional groups attached to an aromatic ring is 1. The first-order valence-corrected chi connectivity index (χ1v) is 6.76. The van der Waals surface area contributed by atoms with E-state index in [1.165, 1.54) is 18.9 Å². The molecule has 0 amide bonds. The number of hydrogen-bond acceptors (Lipinski definition) is 4. The van der Waals surface area contributed by atoms with Gasteiger partial charge in [-0.3, -0.25) is 15.0 Å². The molecule has 0 bridgehead atoms. The molecule has 1 heterocycles. The number of nitrogens with zero attached hydrogens (tertiary/aromatic N) is 2. The van der Waals surface area contributed by atoms with Crippen LogP contribution in [0.2, 0.25) is 0 Å². The number of benzene rings is 1. The Balaban J connectivity index is 2.11. The van der Waals surface area contributed by atoms with Crippen molar-refractivity contribution >= 4 is 11.4 Å². The fourth-order valence-electron chi connectivity index (χ4n) is 2.75. The predicted octanol–water partition coefficient (Wildman–Crippen LogP) is 2.80. The molecule has 1 fully saturated rings. The Morgan fingerprint density at radius 1 is 1.47 bits per heavy atom. The van der Waals surface area contributed by atoms with Gasteiger partial charge in [0.15, 0.2) is 0 Å². The molecule has 19 heavy (non-hydrogen) atoms. The molecular formula is C14H21N3O2. The van der Waals surface area contributed by atoms with E-state index in [1.54, 1.807) is 12.1 Å². The molecule has 2 unspecified atom stereocenters. The van der Waals surface area contributed by atoms with Crippen molar-refractivity contribution in [2.45, 2.75) is 39.3 Å². The van der Waals surface area contributed by atoms with Gasteiger partial charge >= 0.3 is 0 Å². The second kappa shape index (κ2) is 5.57. The molecule has 104 valence electrons. The van der Waals surface area contributed by atoms with Crippen LogP contribution in [-0.4, -0.2) is 22.4 Å². The number of nitrogens with two attached hydrogens (primary N) is 1. The van der Waals surface area contributed by atoms with Crippen LogP contribution in [0.3, 0.4) is 0 Å². The monoisotopic (exact) mass is 263 g/mol. The van der Waals surface area contributed by atoms with E-state index in [-0.39, 0.29) is 11.4 Å². The van der Waals surface area contributed by atoms with Gasteiger partial charge in [0.05, 0.1) is 4.92 Å². The summed E-state index contributed by atoms with van der Waals surface area (Å²) in [5.74, 6) is 0.698. The maximum Gasteiger partial charge on any atom is 0.292 e. The van der Waals surface area contributed by atoms with Gasteiger partial charge in [-0.25, -0.2) is 0 Å². The van der Waals surface area contributed by atoms with Crippen molar-refractivity contribution in [2.24, 2.45) is 5.92 Å². The second-order valence-electron chi connectivity index (χ2n) is 5.48. The largest absolute Gasteiger partial charge is 0.393 e. The van der Waals surface area contributed by atoms with Gasteiger partial charge in [0.1, 0.15) is 5.69 Å². The Morgan fingerprint density at radius 2 is 2.21 bits per heavy atom. The van der Waals surface area contributed by atoms with E-state index in [9.17, 15) is 10.1 Å². The summed E-state index contributed by atoms with van der Waals surface area (Å²) >= 11 is 0. The van der Waals surface area contributed by atoms with E-state index in [2.05, 4.69) is 18.7 Å². The van der Waals surface area contributed by atoms with E-state index in [4.69, 9.17) is 5.73 Å². The normalized spacial score (nSPS) is 24.3. The molecule has 0 spiro atoms. The topological polar surface area (TPSA) is 72.4 Å². The molecule has 2 N–H and O–H groups in total. The molecule has 1 saturated heterocycles. The quantitative estimate of drug-likeness (QED) is 0.517. The Bertz CT molecular complexity index is 476. The smallest absolute Gasteiger partial charge is 0.292 e. The van der Waals surface area contributed by atoms with Crippen molar-refractivity contribution in [3.8, 4) is 0 Å². The van der Waals surface area contributed by atoms with E-state index < -0.39 is 4.92 Å². The molecule has 1 aromatic rings. The van der Waals surface area contributed by atoms with E-state index in [1.807, 2.05) is 0 Å². The molecule has 0 aliphatic carbocycles. The lowest BCUT2D eigenvalue weighted by Crippen LogP contribution is -2.41. The summed E-state index contributed by atoms with van der Waals surface area (Å²) < 4.78 is 0. The summed E-state index contributed by atoms with van der Waals surface area (Å²) in [6, 6.07) is 5.58. The third-order valence-electron chi connectivity index (χ3n) is 4.18. The first-order valence-electron chi connectivity index (χ1n) is 6.76. The van der Waals surface area contributed by atoms with Crippen LogP contribution in [0, 0.1) is 16.0 Å². The molecule has 1 aliphatic heterocycles. The first-order chi connectivity index (χ1) is 8.99. The van der Waals surface area contributed by atoms with Crippen LogP contribution >= 0.6 is 0 Å². The summed E-state index contributed by atoms with van der Waals surface area (Å²) in [5.41, 5.74) is 7.01. The van der Waals surface area contributed by atoms with Crippen molar-refractivity contribution in [2.75, 3.05) is 12.3 Å². The van der Waals surface area contributed by atoms with Crippen molar-refractivity contribution in [3.63, 3.8) is 0 Å². The Morgan fingerprint density at radius 3 is 2.84 bits per heavy atom. The SMILES string of the molecule is CC1CCCN(Cc2ccc([N+](=O)[O-])c(N)c2)C1C. The summed E-state index contributed by atoms with van der Waals surface area (Å²) in [6.45, 7) is 6.43. The Hall–Kier alpha value is -1.62. The molecule has 5 nitrogen and oxygen atoms in total. The molecule has 2 rings (SSSR count). The average Bonchev–Trinajstić information content (AvgIpc) is 2.34. The highest BCUT2D eigenvalue weighted by atomic mass is 16.6. The highest BCUT2D eigenvalue weighted by Crippen LogP contribution is 2.27. The van der Waals surface area contributed by atoms with E-state index in [0.717, 1.165) is 18.7 Å². The minimum Gasteiger partial charge on any atom is -0.393 e. The summed E-state index contributed by atoms with van der Waals surface area (Å²) in [6.07, 6.45) is 2.49. The molecule has 0 saturated carbocycles. The van der Waals surface area contributed by atoms with E-state index >= 15 is 0 Å². The van der Waals surface area contributed by atoms with Crippen LogP contribution in [0.1, 0.15) is 32.3 Å². The van der Waals surface area contributed by atoms with Gasteiger partial charge in [0, 0.05) is 18.7 Å². The lowest BCUT2D eigenvalue weighted by molar-refractivity contribution is -0.383. The number of hydrogen-bond donors (Lipinski definition) is 1. The molecule has 1 aromatic carbocycles. The summed E-state index contributed by atoms with van der Waals surface area (Å²) in [7, 11) is 0. The fourth-order valence-corrected chi connectivity index (χ4v) is 2.75. The third kappa shape index (κ3) is 3.04. The van der Waals surface area contributed by atoms with Crippen molar-refractivity contribution in [1.82, 2.24) is 4.90 Å². The van der Waals surface area contributed by atoms with Crippen LogP contribution in [0.15, 0.2) is 18.2 Å². The van der Waals surface area contributed by atoms with Gasteiger partial charge < -0.3 is 5.73 Å². The van der Waals surface area contributed by atoms with E-state index in [0.29, 0.717) is 12.0 Å². The number of piperidine rings is 1. The van der Waals surface area contributed by atoms with Gasteiger partial charge in [-0.05, 0) is 43.9 Å². The fraction of sp³-hybridized carbons (Fsp3) is 0.571. The van der Waals surface area contributed by atoms with Gasteiger partial charge in [0.2, 0.25) is 0 Å². The highest BCUT2D eigenvalue weighted by molar-refractivity contribution is 5.59. The van der Waals surface area contributed by atoms with Crippen LogP contribution in [0.25, 0.3) is 0 Å². The number of anilines is 1. The predicted molar refractivity (Wildman–Crippen MR) is 75.8 cm³/mol. The molecule has 5 heteroatoms. The van der Waals surface area contributed by atoms with Crippen LogP contribution < -0.4 is 5.73 Å². The number of rotatable bonds is 3. The maximum absolute atomic E-state index is 10.7. The second-order valence-corrected chi connectivity index (χ2v) is 5.48. The lowest BCUT2D eigenvalue weighted by Gasteiger charge is -2.38. The Kier molecular flexibility index (Phi) is 4.04. The number of nitro groups is 1. The van der Waals surface area contributed by atoms with Crippen molar-refractivity contribution in [3.05, 3.63) is 33.9 Å². The zero-order valence-corrected chi connectivity index (χ0v) is 11.5. The standard InChI is InChI=1S/C14H21N3O2/c1-10-4-3-7-16(11(10)2)9-12-5-6-14(17(18)19)13(15)8-12/h5-6,8,10-11H,3-4,7,9,15H2,1-2H3.